The molecule has 0 N–H and O–H groups in total. The molecular formula is C22H24O6. The molecule has 0 saturated heterocycles. The summed E-state index contributed by atoms with van der Waals surface area (Å²) in [6, 6.07) is 18.1. The summed E-state index contributed by atoms with van der Waals surface area (Å²) in [5.41, 5.74) is -0.354. The van der Waals surface area contributed by atoms with Gasteiger partial charge >= 0.3 is 17.9 Å². The summed E-state index contributed by atoms with van der Waals surface area (Å²) in [6.45, 7) is 1.51. The van der Waals surface area contributed by atoms with Crippen LogP contribution in [0.5, 0.6) is 0 Å². The van der Waals surface area contributed by atoms with Crippen LogP contribution in [0.2, 0.25) is 0 Å². The number of rotatable bonds is 8. The minimum atomic E-state index is -1.85. The van der Waals surface area contributed by atoms with Crippen molar-refractivity contribution in [2.24, 2.45) is 11.3 Å². The number of hydrogen-bond donors (Lipinski definition) is 0. The van der Waals surface area contributed by atoms with Crippen LogP contribution in [-0.2, 0) is 41.6 Å². The first-order chi connectivity index (χ1) is 13.5. The number of hydrogen-bond acceptors (Lipinski definition) is 6. The Morgan fingerprint density at radius 1 is 0.821 bits per heavy atom. The van der Waals surface area contributed by atoms with Gasteiger partial charge in [0, 0.05) is 6.42 Å². The largest absolute Gasteiger partial charge is 0.468 e. The monoisotopic (exact) mass is 384 g/mol. The Morgan fingerprint density at radius 3 is 1.75 bits per heavy atom. The van der Waals surface area contributed by atoms with Crippen molar-refractivity contribution in [3.63, 3.8) is 0 Å². The number of methoxy groups -OCH3 is 2. The molecule has 0 saturated carbocycles. The van der Waals surface area contributed by atoms with Crippen molar-refractivity contribution in [1.29, 1.82) is 0 Å². The van der Waals surface area contributed by atoms with Crippen molar-refractivity contribution in [1.82, 2.24) is 0 Å². The van der Waals surface area contributed by atoms with E-state index in [0.717, 1.165) is 5.56 Å². The van der Waals surface area contributed by atoms with Crippen LogP contribution >= 0.6 is 0 Å². The molecule has 0 spiro atoms. The van der Waals surface area contributed by atoms with Gasteiger partial charge < -0.3 is 14.2 Å². The maximum absolute atomic E-state index is 12.8. The fraction of sp³-hybridized carbons (Fsp3) is 0.318. The quantitative estimate of drug-likeness (QED) is 0.396. The second-order valence-electron chi connectivity index (χ2n) is 6.43. The third-order valence-electron chi connectivity index (χ3n) is 4.74. The van der Waals surface area contributed by atoms with Crippen LogP contribution in [0.3, 0.4) is 0 Å². The van der Waals surface area contributed by atoms with Gasteiger partial charge in [0.1, 0.15) is 6.61 Å². The zero-order valence-corrected chi connectivity index (χ0v) is 16.2. The summed E-state index contributed by atoms with van der Waals surface area (Å²) in [4.78, 5) is 38.2. The molecule has 0 aliphatic carbocycles. The number of ether oxygens (including phenoxy) is 3. The van der Waals surface area contributed by atoms with Gasteiger partial charge in [0.15, 0.2) is 5.41 Å². The van der Waals surface area contributed by atoms with E-state index < -0.39 is 29.2 Å². The van der Waals surface area contributed by atoms with Gasteiger partial charge in [-0.2, -0.15) is 0 Å². The number of benzene rings is 2. The van der Waals surface area contributed by atoms with Crippen LogP contribution in [0.25, 0.3) is 0 Å². The topological polar surface area (TPSA) is 78.9 Å². The lowest BCUT2D eigenvalue weighted by molar-refractivity contribution is -0.180. The van der Waals surface area contributed by atoms with Crippen molar-refractivity contribution in [2.75, 3.05) is 14.2 Å². The van der Waals surface area contributed by atoms with Gasteiger partial charge in [-0.05, 0) is 11.1 Å². The van der Waals surface area contributed by atoms with Crippen LogP contribution in [0.1, 0.15) is 18.1 Å². The fourth-order valence-corrected chi connectivity index (χ4v) is 3.07. The molecule has 0 radical (unpaired) electrons. The average molecular weight is 384 g/mol. The van der Waals surface area contributed by atoms with Crippen molar-refractivity contribution in [2.45, 2.75) is 20.0 Å². The summed E-state index contributed by atoms with van der Waals surface area (Å²) in [6.07, 6.45) is -0.0468. The first-order valence-electron chi connectivity index (χ1n) is 8.87. The van der Waals surface area contributed by atoms with Gasteiger partial charge in [0.05, 0.1) is 20.1 Å². The van der Waals surface area contributed by atoms with E-state index in [1.54, 1.807) is 24.3 Å². The molecule has 1 atom stereocenters. The van der Waals surface area contributed by atoms with Gasteiger partial charge in [-0.25, -0.2) is 0 Å². The van der Waals surface area contributed by atoms with E-state index >= 15 is 0 Å². The Bertz CT molecular complexity index is 784. The summed E-state index contributed by atoms with van der Waals surface area (Å²) in [5.74, 6) is -3.48. The van der Waals surface area contributed by atoms with E-state index in [-0.39, 0.29) is 13.0 Å². The van der Waals surface area contributed by atoms with E-state index in [1.807, 2.05) is 36.4 Å². The van der Waals surface area contributed by atoms with Crippen LogP contribution < -0.4 is 0 Å². The van der Waals surface area contributed by atoms with Gasteiger partial charge in [0.2, 0.25) is 0 Å². The van der Waals surface area contributed by atoms with Crippen LogP contribution in [-0.4, -0.2) is 32.1 Å². The molecule has 2 aromatic carbocycles. The van der Waals surface area contributed by atoms with Gasteiger partial charge in [-0.1, -0.05) is 67.6 Å². The van der Waals surface area contributed by atoms with Gasteiger partial charge in [-0.15, -0.1) is 0 Å². The van der Waals surface area contributed by atoms with Gasteiger partial charge in [-0.3, -0.25) is 14.4 Å². The molecule has 2 rings (SSSR count). The molecular weight excluding hydrogens is 360 g/mol. The molecule has 148 valence electrons. The first-order valence-corrected chi connectivity index (χ1v) is 8.87. The molecule has 0 bridgehead atoms. The second kappa shape index (κ2) is 9.69. The molecule has 2 aromatic rings. The number of esters is 3. The third kappa shape index (κ3) is 4.57. The predicted molar refractivity (Wildman–Crippen MR) is 102 cm³/mol. The highest BCUT2D eigenvalue weighted by Gasteiger charge is 2.56. The third-order valence-corrected chi connectivity index (χ3v) is 4.74. The Morgan fingerprint density at radius 2 is 1.29 bits per heavy atom. The average Bonchev–Trinajstić information content (AvgIpc) is 2.75. The smallest absolute Gasteiger partial charge is 0.324 e. The summed E-state index contributed by atoms with van der Waals surface area (Å²) in [7, 11) is 2.35. The maximum atomic E-state index is 12.8. The highest BCUT2D eigenvalue weighted by atomic mass is 16.6. The van der Waals surface area contributed by atoms with Crippen LogP contribution in [0, 0.1) is 11.3 Å². The van der Waals surface area contributed by atoms with E-state index in [1.165, 1.54) is 21.1 Å². The molecule has 0 aliphatic heterocycles. The van der Waals surface area contributed by atoms with Gasteiger partial charge in [0.25, 0.3) is 0 Å². The lowest BCUT2D eigenvalue weighted by Gasteiger charge is -2.32. The highest BCUT2D eigenvalue weighted by Crippen LogP contribution is 2.36. The standard InChI is InChI=1S/C22H24O6/c1-16(19(23)28-15-18-12-8-5-9-13-18)22(20(24)26-2,21(25)27-3)14-17-10-6-4-7-11-17/h4-13,16H,14-15H2,1-3H3. The fourth-order valence-electron chi connectivity index (χ4n) is 3.07. The summed E-state index contributed by atoms with van der Waals surface area (Å²) < 4.78 is 15.2. The molecule has 0 fully saturated rings. The first kappa shape index (κ1) is 21.2. The lowest BCUT2D eigenvalue weighted by atomic mass is 9.71. The van der Waals surface area contributed by atoms with E-state index in [0.29, 0.717) is 5.56 Å². The van der Waals surface area contributed by atoms with Crippen molar-refractivity contribution < 1.29 is 28.6 Å². The van der Waals surface area contributed by atoms with Crippen molar-refractivity contribution in [3.8, 4) is 0 Å². The normalized spacial score (nSPS) is 12.0. The number of carbonyl (C=O) groups excluding carboxylic acids is 3. The zero-order chi connectivity index (χ0) is 20.6. The minimum Gasteiger partial charge on any atom is -0.468 e. The summed E-state index contributed by atoms with van der Waals surface area (Å²) in [5, 5.41) is 0. The molecule has 6 nitrogen and oxygen atoms in total. The minimum absolute atomic E-state index is 0.0355. The van der Waals surface area contributed by atoms with E-state index in [4.69, 9.17) is 14.2 Å². The van der Waals surface area contributed by atoms with E-state index in [2.05, 4.69) is 0 Å². The Hall–Kier alpha value is -3.15. The van der Waals surface area contributed by atoms with E-state index in [9.17, 15) is 14.4 Å². The molecule has 0 heterocycles. The lowest BCUT2D eigenvalue weighted by Crippen LogP contribution is -2.51. The SMILES string of the molecule is COC(=O)C(Cc1ccccc1)(C(=O)OC)C(C)C(=O)OCc1ccccc1. The maximum Gasteiger partial charge on any atom is 0.324 e. The van der Waals surface area contributed by atoms with Crippen molar-refractivity contribution in [3.05, 3.63) is 71.8 Å². The zero-order valence-electron chi connectivity index (χ0n) is 16.2. The Labute approximate surface area is 164 Å². The molecule has 0 aromatic heterocycles. The number of carbonyl (C=O) groups is 3. The molecule has 0 aliphatic rings. The molecule has 28 heavy (non-hydrogen) atoms. The highest BCUT2D eigenvalue weighted by molar-refractivity contribution is 6.04. The summed E-state index contributed by atoms with van der Waals surface area (Å²) >= 11 is 0. The van der Waals surface area contributed by atoms with Crippen LogP contribution in [0.15, 0.2) is 60.7 Å². The molecule has 1 unspecified atom stereocenters. The van der Waals surface area contributed by atoms with Crippen molar-refractivity contribution >= 4 is 17.9 Å². The molecule has 6 heteroatoms. The predicted octanol–water partition coefficient (Wildman–Crippen LogP) is 2.94. The van der Waals surface area contributed by atoms with Crippen LogP contribution in [0.4, 0.5) is 0 Å². The Balaban J connectivity index is 2.33. The Kier molecular flexibility index (Phi) is 7.32. The second-order valence-corrected chi connectivity index (χ2v) is 6.43. The molecule has 0 amide bonds.